The minimum absolute atomic E-state index is 0.0840. The van der Waals surface area contributed by atoms with Crippen LogP contribution >= 0.6 is 0 Å². The Bertz CT molecular complexity index is 834. The highest BCUT2D eigenvalue weighted by atomic mass is 16.6. The summed E-state index contributed by atoms with van der Waals surface area (Å²) in [6.45, 7) is 2.38. The average molecular weight is 368 g/mol. The molecule has 0 unspecified atom stereocenters. The molecule has 7 heteroatoms. The lowest BCUT2D eigenvalue weighted by Gasteiger charge is -2.30. The van der Waals surface area contributed by atoms with Gasteiger partial charge >= 0.3 is 5.69 Å². The van der Waals surface area contributed by atoms with Crippen LogP contribution in [0.4, 0.5) is 17.3 Å². The fourth-order valence-corrected chi connectivity index (χ4v) is 3.49. The summed E-state index contributed by atoms with van der Waals surface area (Å²) >= 11 is 0. The first-order valence-corrected chi connectivity index (χ1v) is 9.44. The number of nitro groups is 1. The van der Waals surface area contributed by atoms with Crippen molar-refractivity contribution in [2.75, 3.05) is 30.4 Å². The van der Waals surface area contributed by atoms with Crippen LogP contribution in [0.3, 0.4) is 0 Å². The molecule has 0 atom stereocenters. The van der Waals surface area contributed by atoms with Gasteiger partial charge in [-0.1, -0.05) is 12.1 Å². The van der Waals surface area contributed by atoms with E-state index >= 15 is 0 Å². The van der Waals surface area contributed by atoms with Crippen molar-refractivity contribution in [3.63, 3.8) is 0 Å². The molecule has 142 valence electrons. The van der Waals surface area contributed by atoms with E-state index in [2.05, 4.69) is 10.2 Å². The number of nitrogens with one attached hydrogen (secondary N) is 1. The molecule has 0 bridgehead atoms. The third kappa shape index (κ3) is 3.97. The van der Waals surface area contributed by atoms with E-state index in [9.17, 15) is 10.1 Å². The van der Waals surface area contributed by atoms with Crippen LogP contribution in [0.15, 0.2) is 30.3 Å². The van der Waals surface area contributed by atoms with E-state index < -0.39 is 0 Å². The van der Waals surface area contributed by atoms with E-state index in [-0.39, 0.29) is 10.6 Å². The number of anilines is 2. The summed E-state index contributed by atoms with van der Waals surface area (Å²) in [6, 6.07) is 9.70. The SMILES string of the molecule is COc1ccc(CN2CCCc3cc([N+](=O)[O-])c(NCC4CC4)nc32)cc1. The molecule has 2 aliphatic rings. The number of nitrogens with zero attached hydrogens (tertiary/aromatic N) is 3. The molecule has 1 fully saturated rings. The maximum Gasteiger partial charge on any atom is 0.311 e. The van der Waals surface area contributed by atoms with E-state index in [1.54, 1.807) is 13.2 Å². The van der Waals surface area contributed by atoms with Gasteiger partial charge in [-0.05, 0) is 49.3 Å². The molecule has 2 heterocycles. The quantitative estimate of drug-likeness (QED) is 0.592. The highest BCUT2D eigenvalue weighted by molar-refractivity contribution is 5.65. The van der Waals surface area contributed by atoms with E-state index in [0.29, 0.717) is 11.7 Å². The van der Waals surface area contributed by atoms with Crippen LogP contribution in [0.5, 0.6) is 5.75 Å². The molecule has 2 aromatic rings. The fraction of sp³-hybridized carbons (Fsp3) is 0.450. The second-order valence-electron chi connectivity index (χ2n) is 7.29. The maximum atomic E-state index is 11.5. The van der Waals surface area contributed by atoms with Crippen LogP contribution in [0, 0.1) is 16.0 Å². The summed E-state index contributed by atoms with van der Waals surface area (Å²) in [5.41, 5.74) is 2.20. The van der Waals surface area contributed by atoms with Crippen LogP contribution in [0.1, 0.15) is 30.4 Å². The van der Waals surface area contributed by atoms with E-state index in [1.807, 2.05) is 24.3 Å². The van der Waals surface area contributed by atoms with Crippen molar-refractivity contribution < 1.29 is 9.66 Å². The molecule has 1 aliphatic heterocycles. The van der Waals surface area contributed by atoms with Gasteiger partial charge in [0.2, 0.25) is 5.82 Å². The van der Waals surface area contributed by atoms with Crippen molar-refractivity contribution in [1.82, 2.24) is 4.98 Å². The summed E-state index contributed by atoms with van der Waals surface area (Å²) < 4.78 is 5.22. The number of hydrogen-bond donors (Lipinski definition) is 1. The van der Waals surface area contributed by atoms with Crippen LogP contribution in [0.2, 0.25) is 0 Å². The van der Waals surface area contributed by atoms with Crippen LogP contribution < -0.4 is 15.0 Å². The summed E-state index contributed by atoms with van der Waals surface area (Å²) in [5.74, 6) is 2.71. The normalized spacial score (nSPS) is 16.0. The second-order valence-corrected chi connectivity index (χ2v) is 7.29. The van der Waals surface area contributed by atoms with E-state index in [4.69, 9.17) is 9.72 Å². The Morgan fingerprint density at radius 1 is 1.33 bits per heavy atom. The van der Waals surface area contributed by atoms with Gasteiger partial charge in [-0.15, -0.1) is 0 Å². The number of benzene rings is 1. The minimum Gasteiger partial charge on any atom is -0.497 e. The number of hydrogen-bond acceptors (Lipinski definition) is 6. The zero-order valence-electron chi connectivity index (χ0n) is 15.5. The van der Waals surface area contributed by atoms with Crippen molar-refractivity contribution in [3.8, 4) is 5.75 Å². The Morgan fingerprint density at radius 2 is 2.11 bits per heavy atom. The predicted octanol–water partition coefficient (Wildman–Crippen LogP) is 3.77. The molecule has 27 heavy (non-hydrogen) atoms. The van der Waals surface area contributed by atoms with Crippen LogP contribution in [-0.4, -0.2) is 30.1 Å². The van der Waals surface area contributed by atoms with Gasteiger partial charge in [-0.3, -0.25) is 10.1 Å². The third-order valence-electron chi connectivity index (χ3n) is 5.22. The fourth-order valence-electron chi connectivity index (χ4n) is 3.49. The van der Waals surface area contributed by atoms with Gasteiger partial charge in [0.1, 0.15) is 11.6 Å². The average Bonchev–Trinajstić information content (AvgIpc) is 3.51. The van der Waals surface area contributed by atoms with Gasteiger partial charge in [0.15, 0.2) is 0 Å². The molecule has 1 aromatic carbocycles. The Balaban J connectivity index is 1.60. The number of aromatic nitrogens is 1. The summed E-state index contributed by atoms with van der Waals surface area (Å²) in [6.07, 6.45) is 4.17. The number of aryl methyl sites for hydroxylation is 1. The molecule has 4 rings (SSSR count). The first-order chi connectivity index (χ1) is 13.1. The van der Waals surface area contributed by atoms with E-state index in [0.717, 1.165) is 55.2 Å². The Labute approximate surface area is 158 Å². The van der Waals surface area contributed by atoms with E-state index in [1.165, 1.54) is 12.8 Å². The second kappa shape index (κ2) is 7.42. The summed E-state index contributed by atoms with van der Waals surface area (Å²) in [4.78, 5) is 18.1. The molecular weight excluding hydrogens is 344 g/mol. The van der Waals surface area contributed by atoms with Gasteiger partial charge < -0.3 is 15.0 Å². The first kappa shape index (κ1) is 17.6. The molecule has 7 nitrogen and oxygen atoms in total. The monoisotopic (exact) mass is 368 g/mol. The lowest BCUT2D eigenvalue weighted by atomic mass is 10.0. The molecule has 1 N–H and O–H groups in total. The number of rotatable bonds is 7. The first-order valence-electron chi connectivity index (χ1n) is 9.44. The highest BCUT2D eigenvalue weighted by Crippen LogP contribution is 2.35. The van der Waals surface area contributed by atoms with Gasteiger partial charge in [-0.2, -0.15) is 0 Å². The number of methoxy groups -OCH3 is 1. The van der Waals surface area contributed by atoms with Gasteiger partial charge in [0.05, 0.1) is 12.0 Å². The van der Waals surface area contributed by atoms with Crippen molar-refractivity contribution >= 4 is 17.3 Å². The maximum absolute atomic E-state index is 11.5. The molecular formula is C20H24N4O3. The standard InChI is InChI=1S/C20H24N4O3/c1-27-17-8-6-15(7-9-17)13-23-10-2-3-16-11-18(24(25)26)19(22-20(16)23)21-12-14-4-5-14/h6-9,11,14H,2-5,10,12-13H2,1H3,(H,21,22). The lowest BCUT2D eigenvalue weighted by Crippen LogP contribution is -2.30. The van der Waals surface area contributed by atoms with Crippen LogP contribution in [0.25, 0.3) is 0 Å². The zero-order valence-corrected chi connectivity index (χ0v) is 15.5. The molecule has 1 aromatic heterocycles. The van der Waals surface area contributed by atoms with Crippen molar-refractivity contribution in [1.29, 1.82) is 0 Å². The smallest absolute Gasteiger partial charge is 0.311 e. The minimum atomic E-state index is -0.328. The zero-order chi connectivity index (χ0) is 18.8. The molecule has 1 saturated carbocycles. The number of fused-ring (bicyclic) bond motifs is 1. The molecule has 0 radical (unpaired) electrons. The van der Waals surface area contributed by atoms with Gasteiger partial charge in [-0.25, -0.2) is 4.98 Å². The summed E-state index contributed by atoms with van der Waals surface area (Å²) in [5, 5.41) is 14.7. The van der Waals surface area contributed by atoms with Crippen molar-refractivity contribution in [2.45, 2.75) is 32.2 Å². The largest absolute Gasteiger partial charge is 0.497 e. The van der Waals surface area contributed by atoms with Gasteiger partial charge in [0, 0.05) is 31.3 Å². The predicted molar refractivity (Wildman–Crippen MR) is 104 cm³/mol. The topological polar surface area (TPSA) is 80.5 Å². The molecule has 1 aliphatic carbocycles. The van der Waals surface area contributed by atoms with Gasteiger partial charge in [0.25, 0.3) is 0 Å². The number of pyridine rings is 1. The third-order valence-corrected chi connectivity index (χ3v) is 5.22. The molecule has 0 saturated heterocycles. The van der Waals surface area contributed by atoms with Crippen LogP contribution in [-0.2, 0) is 13.0 Å². The van der Waals surface area contributed by atoms with Crippen molar-refractivity contribution in [3.05, 3.63) is 51.6 Å². The Hall–Kier alpha value is -2.83. The molecule has 0 amide bonds. The highest BCUT2D eigenvalue weighted by Gasteiger charge is 2.27. The Morgan fingerprint density at radius 3 is 2.78 bits per heavy atom. The Kier molecular flexibility index (Phi) is 4.83. The number of ether oxygens (including phenoxy) is 1. The summed E-state index contributed by atoms with van der Waals surface area (Å²) in [7, 11) is 1.66. The molecule has 0 spiro atoms. The lowest BCUT2D eigenvalue weighted by molar-refractivity contribution is -0.384. The van der Waals surface area contributed by atoms with Crippen molar-refractivity contribution in [2.24, 2.45) is 5.92 Å².